The van der Waals surface area contributed by atoms with E-state index in [4.69, 9.17) is 14.8 Å². The zero-order valence-corrected chi connectivity index (χ0v) is 8.73. The Morgan fingerprint density at radius 2 is 2.24 bits per heavy atom. The van der Waals surface area contributed by atoms with Crippen molar-refractivity contribution < 1.29 is 14.3 Å². The summed E-state index contributed by atoms with van der Waals surface area (Å²) in [7, 11) is 0. The smallest absolute Gasteiger partial charge is 0.371 e. The van der Waals surface area contributed by atoms with Crippen LogP contribution in [0.25, 0.3) is 11.0 Å². The second kappa shape index (κ2) is 4.42. The number of aromatic carboxylic acids is 1. The van der Waals surface area contributed by atoms with Crippen LogP contribution in [0, 0.1) is 23.2 Å². The summed E-state index contributed by atoms with van der Waals surface area (Å²) in [6.07, 6.45) is 0.170. The van der Waals surface area contributed by atoms with E-state index in [1.165, 1.54) is 6.07 Å². The lowest BCUT2D eigenvalue weighted by atomic mass is 10.1. The van der Waals surface area contributed by atoms with E-state index in [1.54, 1.807) is 18.2 Å². The molecule has 0 aliphatic heterocycles. The molecule has 0 amide bonds. The van der Waals surface area contributed by atoms with Gasteiger partial charge in [0, 0.05) is 10.9 Å². The van der Waals surface area contributed by atoms with Crippen LogP contribution in [0.3, 0.4) is 0 Å². The lowest BCUT2D eigenvalue weighted by Crippen LogP contribution is -1.91. The predicted molar refractivity (Wildman–Crippen MR) is 60.3 cm³/mol. The number of benzene rings is 1. The van der Waals surface area contributed by atoms with Gasteiger partial charge in [0.15, 0.2) is 0 Å². The SMILES string of the molecule is N#CCC#Cc1ccc2oc(C(=O)O)cc2c1. The highest BCUT2D eigenvalue weighted by molar-refractivity contribution is 5.91. The molecular weight excluding hydrogens is 218 g/mol. The molecule has 1 heterocycles. The number of nitriles is 1. The number of fused-ring (bicyclic) bond motifs is 1. The molecule has 0 fully saturated rings. The largest absolute Gasteiger partial charge is 0.475 e. The number of hydrogen-bond acceptors (Lipinski definition) is 3. The second-order valence-electron chi connectivity index (χ2n) is 3.31. The number of rotatable bonds is 1. The van der Waals surface area contributed by atoms with Gasteiger partial charge in [-0.2, -0.15) is 5.26 Å². The Morgan fingerprint density at radius 3 is 2.94 bits per heavy atom. The van der Waals surface area contributed by atoms with E-state index in [0.29, 0.717) is 11.0 Å². The molecule has 0 saturated carbocycles. The Labute approximate surface area is 97.1 Å². The maximum Gasteiger partial charge on any atom is 0.371 e. The molecule has 0 saturated heterocycles. The molecule has 17 heavy (non-hydrogen) atoms. The van der Waals surface area contributed by atoms with Gasteiger partial charge in [-0.25, -0.2) is 4.79 Å². The standard InChI is InChI=1S/C13H7NO3/c14-6-2-1-3-9-4-5-11-10(7-9)8-12(17-11)13(15)16/h4-5,7-8H,2H2,(H,15,16). The topological polar surface area (TPSA) is 74.2 Å². The van der Waals surface area contributed by atoms with Crippen LogP contribution in [0.1, 0.15) is 22.5 Å². The first-order valence-electron chi connectivity index (χ1n) is 4.83. The van der Waals surface area contributed by atoms with E-state index in [-0.39, 0.29) is 12.2 Å². The van der Waals surface area contributed by atoms with Gasteiger partial charge in [0.05, 0.1) is 12.5 Å². The van der Waals surface area contributed by atoms with E-state index in [1.807, 2.05) is 6.07 Å². The van der Waals surface area contributed by atoms with Gasteiger partial charge in [-0.15, -0.1) is 0 Å². The molecule has 0 unspecified atom stereocenters. The molecule has 82 valence electrons. The molecule has 2 aromatic rings. The highest BCUT2D eigenvalue weighted by atomic mass is 16.4. The highest BCUT2D eigenvalue weighted by Crippen LogP contribution is 2.20. The van der Waals surface area contributed by atoms with Crippen molar-refractivity contribution in [1.82, 2.24) is 0 Å². The fraction of sp³-hybridized carbons (Fsp3) is 0.0769. The van der Waals surface area contributed by atoms with Crippen LogP contribution in [-0.4, -0.2) is 11.1 Å². The lowest BCUT2D eigenvalue weighted by Gasteiger charge is -1.89. The number of carbonyl (C=O) groups is 1. The molecule has 1 N–H and O–H groups in total. The van der Waals surface area contributed by atoms with Crippen LogP contribution in [0.15, 0.2) is 28.7 Å². The van der Waals surface area contributed by atoms with Crippen molar-refractivity contribution in [2.24, 2.45) is 0 Å². The van der Waals surface area contributed by atoms with Gasteiger partial charge in [0.25, 0.3) is 0 Å². The van der Waals surface area contributed by atoms with Crippen LogP contribution in [0.4, 0.5) is 0 Å². The zero-order chi connectivity index (χ0) is 12.3. The van der Waals surface area contributed by atoms with Crippen LogP contribution >= 0.6 is 0 Å². The fourth-order valence-electron chi connectivity index (χ4n) is 1.41. The van der Waals surface area contributed by atoms with Gasteiger partial charge < -0.3 is 9.52 Å². The molecule has 2 rings (SSSR count). The van der Waals surface area contributed by atoms with Gasteiger partial charge in [0.2, 0.25) is 5.76 Å². The van der Waals surface area contributed by atoms with Gasteiger partial charge in [-0.1, -0.05) is 11.8 Å². The third-order valence-electron chi connectivity index (χ3n) is 2.13. The van der Waals surface area contributed by atoms with Gasteiger partial charge in [0.1, 0.15) is 5.58 Å². The fourth-order valence-corrected chi connectivity index (χ4v) is 1.41. The molecule has 0 atom stereocenters. The highest BCUT2D eigenvalue weighted by Gasteiger charge is 2.09. The Bertz CT molecular complexity index is 680. The maximum absolute atomic E-state index is 10.7. The van der Waals surface area contributed by atoms with E-state index < -0.39 is 5.97 Å². The van der Waals surface area contributed by atoms with Crippen LogP contribution in [-0.2, 0) is 0 Å². The Morgan fingerprint density at radius 1 is 1.41 bits per heavy atom. The summed E-state index contributed by atoms with van der Waals surface area (Å²) in [5.41, 5.74) is 1.23. The number of nitrogens with zero attached hydrogens (tertiary/aromatic N) is 1. The van der Waals surface area contributed by atoms with Crippen molar-refractivity contribution in [2.75, 3.05) is 0 Å². The molecular formula is C13H7NO3. The summed E-state index contributed by atoms with van der Waals surface area (Å²) in [6.45, 7) is 0. The molecule has 1 aromatic heterocycles. The Balaban J connectivity index is 2.42. The summed E-state index contributed by atoms with van der Waals surface area (Å²) in [5.74, 6) is 4.31. The molecule has 1 aromatic carbocycles. The molecule has 4 heteroatoms. The molecule has 0 spiro atoms. The first-order valence-corrected chi connectivity index (χ1v) is 4.83. The summed E-state index contributed by atoms with van der Waals surface area (Å²) in [6, 6.07) is 8.50. The Kier molecular flexibility index (Phi) is 2.81. The molecule has 4 nitrogen and oxygen atoms in total. The summed E-state index contributed by atoms with van der Waals surface area (Å²) in [4.78, 5) is 10.7. The quantitative estimate of drug-likeness (QED) is 0.756. The summed E-state index contributed by atoms with van der Waals surface area (Å²) < 4.78 is 5.11. The van der Waals surface area contributed by atoms with Crippen molar-refractivity contribution in [3.63, 3.8) is 0 Å². The number of carboxylic acids is 1. The number of furan rings is 1. The van der Waals surface area contributed by atoms with Gasteiger partial charge in [-0.3, -0.25) is 0 Å². The second-order valence-corrected chi connectivity index (χ2v) is 3.31. The molecule has 0 aliphatic rings. The molecule has 0 bridgehead atoms. The molecule has 0 aliphatic carbocycles. The van der Waals surface area contributed by atoms with Gasteiger partial charge in [-0.05, 0) is 24.3 Å². The van der Waals surface area contributed by atoms with Crippen molar-refractivity contribution in [2.45, 2.75) is 6.42 Å². The Hall–Kier alpha value is -2.72. The zero-order valence-electron chi connectivity index (χ0n) is 8.73. The van der Waals surface area contributed by atoms with E-state index in [9.17, 15) is 4.79 Å². The third-order valence-corrected chi connectivity index (χ3v) is 2.13. The van der Waals surface area contributed by atoms with Crippen LogP contribution in [0.2, 0.25) is 0 Å². The first kappa shape index (κ1) is 10.8. The van der Waals surface area contributed by atoms with E-state index in [2.05, 4.69) is 11.8 Å². The lowest BCUT2D eigenvalue weighted by molar-refractivity contribution is 0.0665. The monoisotopic (exact) mass is 225 g/mol. The molecule has 0 radical (unpaired) electrons. The number of hydrogen-bond donors (Lipinski definition) is 1. The first-order chi connectivity index (χ1) is 8.20. The van der Waals surface area contributed by atoms with Crippen LogP contribution < -0.4 is 0 Å². The third kappa shape index (κ3) is 2.27. The average molecular weight is 225 g/mol. The van der Waals surface area contributed by atoms with Crippen LogP contribution in [0.5, 0.6) is 0 Å². The summed E-state index contributed by atoms with van der Waals surface area (Å²) in [5, 5.41) is 17.8. The maximum atomic E-state index is 10.7. The van der Waals surface area contributed by atoms with Crippen molar-refractivity contribution in [1.29, 1.82) is 5.26 Å². The average Bonchev–Trinajstić information content (AvgIpc) is 2.72. The van der Waals surface area contributed by atoms with Crippen molar-refractivity contribution in [3.05, 3.63) is 35.6 Å². The predicted octanol–water partition coefficient (Wildman–Crippen LogP) is 2.40. The van der Waals surface area contributed by atoms with E-state index >= 15 is 0 Å². The number of carboxylic acid groups (broad SMARTS) is 1. The van der Waals surface area contributed by atoms with Crippen molar-refractivity contribution >= 4 is 16.9 Å². The summed E-state index contributed by atoms with van der Waals surface area (Å²) >= 11 is 0. The minimum atomic E-state index is -1.10. The van der Waals surface area contributed by atoms with Gasteiger partial charge >= 0.3 is 5.97 Å². The normalized spacial score (nSPS) is 9.35. The minimum absolute atomic E-state index is 0.0952. The van der Waals surface area contributed by atoms with E-state index in [0.717, 1.165) is 5.56 Å². The minimum Gasteiger partial charge on any atom is -0.475 e. The van der Waals surface area contributed by atoms with Crippen molar-refractivity contribution in [3.8, 4) is 17.9 Å².